The molecule has 0 N–H and O–H groups in total. The van der Waals surface area contributed by atoms with E-state index >= 15 is 0 Å². The molecule has 0 spiro atoms. The van der Waals surface area contributed by atoms with Crippen LogP contribution in [0.1, 0.15) is 76.7 Å². The molecule has 0 radical (unpaired) electrons. The van der Waals surface area contributed by atoms with Gasteiger partial charge in [0.1, 0.15) is 6.10 Å². The van der Waals surface area contributed by atoms with Gasteiger partial charge in [0.05, 0.1) is 5.71 Å². The topological polar surface area (TPSA) is 21.6 Å². The van der Waals surface area contributed by atoms with Crippen molar-refractivity contribution < 1.29 is 4.84 Å². The number of nitrogens with zero attached hydrogens (tertiary/aromatic N) is 1. The maximum Gasteiger partial charge on any atom is 0.133 e. The van der Waals surface area contributed by atoms with Crippen molar-refractivity contribution in [2.75, 3.05) is 0 Å². The number of hydrogen-bond acceptors (Lipinski definition) is 2. The van der Waals surface area contributed by atoms with Crippen molar-refractivity contribution in [1.29, 1.82) is 0 Å². The molecule has 22 heavy (non-hydrogen) atoms. The third kappa shape index (κ3) is 6.00. The van der Waals surface area contributed by atoms with Crippen molar-refractivity contribution in [3.05, 3.63) is 34.9 Å². The second-order valence-electron chi connectivity index (χ2n) is 6.24. The van der Waals surface area contributed by atoms with Gasteiger partial charge in [-0.25, -0.2) is 0 Å². The quantitative estimate of drug-likeness (QED) is 0.459. The Labute approximate surface area is 139 Å². The predicted molar refractivity (Wildman–Crippen MR) is 94.7 cm³/mol. The number of rotatable bonds is 10. The van der Waals surface area contributed by atoms with Crippen molar-refractivity contribution in [3.8, 4) is 0 Å². The number of benzene rings is 1. The molecule has 1 aliphatic rings. The summed E-state index contributed by atoms with van der Waals surface area (Å²) in [6, 6.07) is 7.85. The zero-order chi connectivity index (χ0) is 15.6. The summed E-state index contributed by atoms with van der Waals surface area (Å²) in [6.07, 6.45) is 13.2. The SMILES string of the molecule is CCCCCCCCCC[C@H]1CC(c2ccc(Cl)cc2)=NO1. The number of halogens is 1. The average molecular weight is 322 g/mol. The van der Waals surface area contributed by atoms with E-state index in [1.165, 1.54) is 51.4 Å². The molecule has 1 aromatic carbocycles. The van der Waals surface area contributed by atoms with Crippen LogP contribution in [0.15, 0.2) is 29.4 Å². The molecule has 0 saturated heterocycles. The first kappa shape index (κ1) is 17.3. The molecule has 0 unspecified atom stereocenters. The Kier molecular flexibility index (Phi) is 7.79. The fraction of sp³-hybridized carbons (Fsp3) is 0.632. The van der Waals surface area contributed by atoms with Gasteiger partial charge < -0.3 is 4.84 Å². The largest absolute Gasteiger partial charge is 0.392 e. The van der Waals surface area contributed by atoms with E-state index in [2.05, 4.69) is 12.1 Å². The standard InChI is InChI=1S/C19H28ClNO/c1-2-3-4-5-6-7-8-9-10-18-15-19(21-22-18)16-11-13-17(20)14-12-16/h11-14,18H,2-10,15H2,1H3/t18-/m0/s1. The van der Waals surface area contributed by atoms with Gasteiger partial charge in [-0.2, -0.15) is 0 Å². The van der Waals surface area contributed by atoms with E-state index in [0.717, 1.165) is 29.1 Å². The Balaban J connectivity index is 1.55. The second kappa shape index (κ2) is 9.89. The average Bonchev–Trinajstić information content (AvgIpc) is 2.99. The van der Waals surface area contributed by atoms with Crippen LogP contribution in [0, 0.1) is 0 Å². The van der Waals surface area contributed by atoms with E-state index in [4.69, 9.17) is 16.4 Å². The number of hydrogen-bond donors (Lipinski definition) is 0. The minimum atomic E-state index is 0.269. The summed E-state index contributed by atoms with van der Waals surface area (Å²) < 4.78 is 0. The predicted octanol–water partition coefficient (Wildman–Crippen LogP) is 6.36. The maximum absolute atomic E-state index is 5.91. The van der Waals surface area contributed by atoms with E-state index < -0.39 is 0 Å². The summed E-state index contributed by atoms with van der Waals surface area (Å²) in [7, 11) is 0. The van der Waals surface area contributed by atoms with Crippen molar-refractivity contribution in [3.63, 3.8) is 0 Å². The highest BCUT2D eigenvalue weighted by Gasteiger charge is 2.21. The van der Waals surface area contributed by atoms with Crippen LogP contribution in [0.3, 0.4) is 0 Å². The molecule has 0 saturated carbocycles. The summed E-state index contributed by atoms with van der Waals surface area (Å²) in [6.45, 7) is 2.27. The third-order valence-corrected chi connectivity index (χ3v) is 4.54. The van der Waals surface area contributed by atoms with Crippen molar-refractivity contribution >= 4 is 17.3 Å². The van der Waals surface area contributed by atoms with Crippen LogP contribution in [-0.2, 0) is 4.84 Å². The molecule has 0 aliphatic carbocycles. The van der Waals surface area contributed by atoms with E-state index in [1.807, 2.05) is 24.3 Å². The highest BCUT2D eigenvalue weighted by atomic mass is 35.5. The highest BCUT2D eigenvalue weighted by Crippen LogP contribution is 2.22. The van der Waals surface area contributed by atoms with Gasteiger partial charge in [-0.3, -0.25) is 0 Å². The minimum Gasteiger partial charge on any atom is -0.392 e. The summed E-state index contributed by atoms with van der Waals surface area (Å²) in [4.78, 5) is 5.56. The highest BCUT2D eigenvalue weighted by molar-refractivity contribution is 6.30. The van der Waals surface area contributed by atoms with Gasteiger partial charge in [-0.15, -0.1) is 0 Å². The van der Waals surface area contributed by atoms with Crippen LogP contribution in [0.2, 0.25) is 5.02 Å². The van der Waals surface area contributed by atoms with Crippen molar-refractivity contribution in [2.45, 2.75) is 77.2 Å². The van der Waals surface area contributed by atoms with Gasteiger partial charge in [0, 0.05) is 11.4 Å². The van der Waals surface area contributed by atoms with Gasteiger partial charge in [-0.1, -0.05) is 80.8 Å². The van der Waals surface area contributed by atoms with Gasteiger partial charge in [-0.05, 0) is 30.5 Å². The molecule has 3 heteroatoms. The molecular weight excluding hydrogens is 294 g/mol. The summed E-state index contributed by atoms with van der Waals surface area (Å²) in [5, 5.41) is 5.00. The summed E-state index contributed by atoms with van der Waals surface area (Å²) in [5.74, 6) is 0. The van der Waals surface area contributed by atoms with Crippen LogP contribution in [0.25, 0.3) is 0 Å². The Hall–Kier alpha value is -1.02. The van der Waals surface area contributed by atoms with Gasteiger partial charge in [0.15, 0.2) is 0 Å². The first-order valence-electron chi connectivity index (χ1n) is 8.78. The molecule has 0 aromatic heterocycles. The monoisotopic (exact) mass is 321 g/mol. The minimum absolute atomic E-state index is 0.269. The summed E-state index contributed by atoms with van der Waals surface area (Å²) in [5.41, 5.74) is 2.18. The zero-order valence-electron chi connectivity index (χ0n) is 13.7. The molecule has 2 nitrogen and oxygen atoms in total. The Bertz CT molecular complexity index is 455. The number of unbranched alkanes of at least 4 members (excludes halogenated alkanes) is 7. The normalized spacial score (nSPS) is 17.4. The van der Waals surface area contributed by atoms with E-state index in [0.29, 0.717) is 0 Å². The lowest BCUT2D eigenvalue weighted by Crippen LogP contribution is -2.08. The molecule has 1 aliphatic heterocycles. The van der Waals surface area contributed by atoms with Crippen molar-refractivity contribution in [1.82, 2.24) is 0 Å². The van der Waals surface area contributed by atoms with Gasteiger partial charge in [0.2, 0.25) is 0 Å². The van der Waals surface area contributed by atoms with Crippen LogP contribution in [-0.4, -0.2) is 11.8 Å². The molecule has 2 rings (SSSR count). The smallest absolute Gasteiger partial charge is 0.133 e. The van der Waals surface area contributed by atoms with Gasteiger partial charge >= 0.3 is 0 Å². The molecule has 1 heterocycles. The van der Waals surface area contributed by atoms with Crippen LogP contribution in [0.5, 0.6) is 0 Å². The molecular formula is C19H28ClNO. The Morgan fingerprint density at radius 3 is 2.32 bits per heavy atom. The van der Waals surface area contributed by atoms with E-state index in [1.54, 1.807) is 0 Å². The van der Waals surface area contributed by atoms with E-state index in [-0.39, 0.29) is 6.10 Å². The van der Waals surface area contributed by atoms with Crippen LogP contribution in [0.4, 0.5) is 0 Å². The first-order valence-corrected chi connectivity index (χ1v) is 9.16. The molecule has 0 bridgehead atoms. The first-order chi connectivity index (χ1) is 10.8. The maximum atomic E-state index is 5.91. The lowest BCUT2D eigenvalue weighted by Gasteiger charge is -2.07. The molecule has 1 aromatic rings. The van der Waals surface area contributed by atoms with Crippen LogP contribution >= 0.6 is 11.6 Å². The fourth-order valence-corrected chi connectivity index (χ4v) is 3.03. The zero-order valence-corrected chi connectivity index (χ0v) is 14.4. The molecule has 0 amide bonds. The third-order valence-electron chi connectivity index (χ3n) is 4.29. The van der Waals surface area contributed by atoms with Gasteiger partial charge in [0.25, 0.3) is 0 Å². The number of oxime groups is 1. The second-order valence-corrected chi connectivity index (χ2v) is 6.68. The lowest BCUT2D eigenvalue weighted by atomic mass is 10.0. The Morgan fingerprint density at radius 1 is 1.00 bits per heavy atom. The lowest BCUT2D eigenvalue weighted by molar-refractivity contribution is 0.0770. The van der Waals surface area contributed by atoms with Crippen LogP contribution < -0.4 is 0 Å². The van der Waals surface area contributed by atoms with E-state index in [9.17, 15) is 0 Å². The molecule has 122 valence electrons. The molecule has 1 atom stereocenters. The summed E-state index contributed by atoms with van der Waals surface area (Å²) >= 11 is 5.91. The fourth-order valence-electron chi connectivity index (χ4n) is 2.90. The molecule has 0 fully saturated rings. The Morgan fingerprint density at radius 2 is 1.64 bits per heavy atom. The van der Waals surface area contributed by atoms with Crippen molar-refractivity contribution in [2.24, 2.45) is 5.16 Å².